The third kappa shape index (κ3) is 4.10. The van der Waals surface area contributed by atoms with E-state index in [1.807, 2.05) is 0 Å². The zero-order valence-electron chi connectivity index (χ0n) is 14.2. The number of fused-ring (bicyclic) bond motifs is 1. The highest BCUT2D eigenvalue weighted by Crippen LogP contribution is 2.31. The quantitative estimate of drug-likeness (QED) is 0.491. The number of aromatic nitrogens is 1. The Bertz CT molecular complexity index is 982. The molecule has 0 saturated carbocycles. The maximum absolute atomic E-state index is 12.9. The summed E-state index contributed by atoms with van der Waals surface area (Å²) in [6.07, 6.45) is -3.71. The van der Waals surface area contributed by atoms with E-state index >= 15 is 0 Å². The van der Waals surface area contributed by atoms with Gasteiger partial charge in [-0.3, -0.25) is 4.79 Å². The van der Waals surface area contributed by atoms with Crippen LogP contribution in [-0.4, -0.2) is 30.2 Å². The van der Waals surface area contributed by atoms with E-state index in [1.165, 1.54) is 19.4 Å². The fraction of sp³-hybridized carbons (Fsp3) is 0.211. The predicted octanol–water partition coefficient (Wildman–Crippen LogP) is 5.24. The fourth-order valence-electron chi connectivity index (χ4n) is 2.78. The first-order valence-corrected chi connectivity index (χ1v) is 8.76. The minimum absolute atomic E-state index is 0.194. The van der Waals surface area contributed by atoms with E-state index < -0.39 is 12.0 Å². The van der Waals surface area contributed by atoms with Crippen molar-refractivity contribution in [2.24, 2.45) is 0 Å². The van der Waals surface area contributed by atoms with Gasteiger partial charge in [0.1, 0.15) is 6.61 Å². The van der Waals surface area contributed by atoms with Gasteiger partial charge in [-0.05, 0) is 30.3 Å². The summed E-state index contributed by atoms with van der Waals surface area (Å²) in [5.74, 6) is -0.771. The molecule has 1 heterocycles. The third-order valence-electron chi connectivity index (χ3n) is 4.00. The van der Waals surface area contributed by atoms with Gasteiger partial charge in [0.15, 0.2) is 11.5 Å². The van der Waals surface area contributed by atoms with E-state index in [4.69, 9.17) is 9.47 Å². The minimum atomic E-state index is -4.94. The average Bonchev–Trinajstić information content (AvgIpc) is 2.98. The number of ether oxygens (including phenoxy) is 2. The number of benzene rings is 2. The molecule has 0 aliphatic heterocycles. The Morgan fingerprint density at radius 1 is 1.15 bits per heavy atom. The fourth-order valence-corrected chi connectivity index (χ4v) is 3.14. The summed E-state index contributed by atoms with van der Waals surface area (Å²) < 4.78 is 51.8. The number of nitrogens with zero attached hydrogens (tertiary/aromatic N) is 1. The normalized spacial score (nSPS) is 11.6. The van der Waals surface area contributed by atoms with Gasteiger partial charge >= 0.3 is 6.18 Å². The number of hydrogen-bond acceptors (Lipinski definition) is 3. The molecular weight excluding hydrogens is 427 g/mol. The highest BCUT2D eigenvalue weighted by Gasteiger charge is 2.40. The van der Waals surface area contributed by atoms with E-state index in [0.29, 0.717) is 21.5 Å². The molecule has 8 heteroatoms. The number of hydrogen-bond donors (Lipinski definition) is 0. The second kappa shape index (κ2) is 7.64. The summed E-state index contributed by atoms with van der Waals surface area (Å²) in [6, 6.07) is 12.0. The van der Waals surface area contributed by atoms with E-state index in [9.17, 15) is 18.0 Å². The van der Waals surface area contributed by atoms with E-state index in [2.05, 4.69) is 15.9 Å². The van der Waals surface area contributed by atoms with Gasteiger partial charge in [0.25, 0.3) is 5.78 Å². The highest BCUT2D eigenvalue weighted by atomic mass is 79.9. The SMILES string of the molecule is COc1ccccc1OCCn1cc(C(=O)C(F)(F)F)c2cc(Br)ccc21. The van der Waals surface area contributed by atoms with Gasteiger partial charge in [-0.25, -0.2) is 0 Å². The van der Waals surface area contributed by atoms with Gasteiger partial charge in [-0.15, -0.1) is 0 Å². The maximum Gasteiger partial charge on any atom is 0.454 e. The number of methoxy groups -OCH3 is 1. The van der Waals surface area contributed by atoms with Crippen LogP contribution < -0.4 is 9.47 Å². The molecule has 2 aromatic carbocycles. The number of carbonyl (C=O) groups excluding carboxylic acids is 1. The molecule has 0 aliphatic rings. The van der Waals surface area contributed by atoms with Crippen molar-refractivity contribution in [2.75, 3.05) is 13.7 Å². The second-order valence-electron chi connectivity index (χ2n) is 5.72. The first kappa shape index (κ1) is 19.3. The van der Waals surface area contributed by atoms with Crippen LogP contribution in [-0.2, 0) is 6.54 Å². The number of alkyl halides is 3. The molecule has 0 bridgehead atoms. The van der Waals surface area contributed by atoms with Crippen molar-refractivity contribution in [1.82, 2.24) is 4.57 Å². The molecule has 0 N–H and O–H groups in total. The molecular formula is C19H15BrF3NO3. The Kier molecular flexibility index (Phi) is 5.46. The lowest BCUT2D eigenvalue weighted by atomic mass is 10.1. The summed E-state index contributed by atoms with van der Waals surface area (Å²) in [4.78, 5) is 11.8. The molecule has 142 valence electrons. The molecule has 0 saturated heterocycles. The zero-order valence-corrected chi connectivity index (χ0v) is 15.8. The minimum Gasteiger partial charge on any atom is -0.493 e. The van der Waals surface area contributed by atoms with E-state index in [1.54, 1.807) is 41.0 Å². The van der Waals surface area contributed by atoms with Crippen LogP contribution in [0.25, 0.3) is 10.9 Å². The van der Waals surface area contributed by atoms with Crippen LogP contribution in [0.5, 0.6) is 11.5 Å². The second-order valence-corrected chi connectivity index (χ2v) is 6.64. The van der Waals surface area contributed by atoms with Crippen LogP contribution in [0, 0.1) is 0 Å². The van der Waals surface area contributed by atoms with Gasteiger partial charge in [0.05, 0.1) is 19.2 Å². The van der Waals surface area contributed by atoms with Gasteiger partial charge in [-0.1, -0.05) is 28.1 Å². The Morgan fingerprint density at radius 3 is 2.52 bits per heavy atom. The summed E-state index contributed by atoms with van der Waals surface area (Å²) >= 11 is 3.23. The first-order chi connectivity index (χ1) is 12.8. The Morgan fingerprint density at radius 2 is 1.85 bits per heavy atom. The molecule has 0 radical (unpaired) electrons. The van der Waals surface area contributed by atoms with Crippen molar-refractivity contribution in [3.05, 3.63) is 58.7 Å². The topological polar surface area (TPSA) is 40.5 Å². The largest absolute Gasteiger partial charge is 0.493 e. The van der Waals surface area contributed by atoms with Crippen molar-refractivity contribution in [3.63, 3.8) is 0 Å². The lowest BCUT2D eigenvalue weighted by molar-refractivity contribution is -0.0884. The summed E-state index contributed by atoms with van der Waals surface area (Å²) in [6.45, 7) is 0.460. The predicted molar refractivity (Wildman–Crippen MR) is 98.5 cm³/mol. The Balaban J connectivity index is 1.87. The molecule has 3 aromatic rings. The number of carbonyl (C=O) groups is 1. The molecule has 4 nitrogen and oxygen atoms in total. The van der Waals surface area contributed by atoms with Gasteiger partial charge < -0.3 is 14.0 Å². The highest BCUT2D eigenvalue weighted by molar-refractivity contribution is 9.10. The molecule has 0 aliphatic carbocycles. The molecule has 27 heavy (non-hydrogen) atoms. The number of rotatable bonds is 6. The average molecular weight is 442 g/mol. The number of ketones is 1. The van der Waals surface area contributed by atoms with Crippen LogP contribution in [0.15, 0.2) is 53.1 Å². The van der Waals surface area contributed by atoms with Crippen LogP contribution in [0.4, 0.5) is 13.2 Å². The third-order valence-corrected chi connectivity index (χ3v) is 4.50. The number of Topliss-reactive ketones (excluding diaryl/α,β-unsaturated/α-hetero) is 1. The van der Waals surface area contributed by atoms with Crippen LogP contribution in [0.3, 0.4) is 0 Å². The van der Waals surface area contributed by atoms with Crippen molar-refractivity contribution >= 4 is 32.6 Å². The molecule has 3 rings (SSSR count). The zero-order chi connectivity index (χ0) is 19.6. The molecule has 0 spiro atoms. The van der Waals surface area contributed by atoms with Crippen molar-refractivity contribution in [1.29, 1.82) is 0 Å². The number of halogens is 4. The summed E-state index contributed by atoms with van der Waals surface area (Å²) in [5, 5.41) is 0.240. The summed E-state index contributed by atoms with van der Waals surface area (Å²) in [5.41, 5.74) is 0.144. The number of para-hydroxylation sites is 2. The van der Waals surface area contributed by atoms with Crippen molar-refractivity contribution in [2.45, 2.75) is 12.7 Å². The first-order valence-electron chi connectivity index (χ1n) is 7.97. The van der Waals surface area contributed by atoms with Gasteiger partial charge in [0, 0.05) is 21.6 Å². The van der Waals surface area contributed by atoms with Crippen molar-refractivity contribution < 1.29 is 27.4 Å². The Labute approximate surface area is 161 Å². The summed E-state index contributed by atoms with van der Waals surface area (Å²) in [7, 11) is 1.52. The lowest BCUT2D eigenvalue weighted by Crippen LogP contribution is -2.22. The molecule has 0 amide bonds. The molecule has 0 fully saturated rings. The van der Waals surface area contributed by atoms with E-state index in [-0.39, 0.29) is 24.1 Å². The molecule has 0 atom stereocenters. The van der Waals surface area contributed by atoms with Crippen LogP contribution in [0.2, 0.25) is 0 Å². The molecule has 0 unspecified atom stereocenters. The smallest absolute Gasteiger partial charge is 0.454 e. The standard InChI is InChI=1S/C19H15BrF3NO3/c1-26-16-4-2-3-5-17(16)27-9-8-24-11-14(18(25)19(21,22)23)13-10-12(20)6-7-15(13)24/h2-7,10-11H,8-9H2,1H3. The molecule has 1 aromatic heterocycles. The van der Waals surface area contributed by atoms with Crippen LogP contribution in [0.1, 0.15) is 10.4 Å². The van der Waals surface area contributed by atoms with Crippen molar-refractivity contribution in [3.8, 4) is 11.5 Å². The van der Waals surface area contributed by atoms with Gasteiger partial charge in [-0.2, -0.15) is 13.2 Å². The monoisotopic (exact) mass is 441 g/mol. The maximum atomic E-state index is 12.9. The van der Waals surface area contributed by atoms with Crippen LogP contribution >= 0.6 is 15.9 Å². The van der Waals surface area contributed by atoms with Gasteiger partial charge in [0.2, 0.25) is 0 Å². The van der Waals surface area contributed by atoms with E-state index in [0.717, 1.165) is 0 Å². The Hall–Kier alpha value is -2.48. The lowest BCUT2D eigenvalue weighted by Gasteiger charge is -2.11.